The lowest BCUT2D eigenvalue weighted by molar-refractivity contribution is 0.551. The van der Waals surface area contributed by atoms with E-state index in [2.05, 4.69) is 12.1 Å². The van der Waals surface area contributed by atoms with Gasteiger partial charge in [0.1, 0.15) is 0 Å². The monoisotopic (exact) mass is 209 g/mol. The summed E-state index contributed by atoms with van der Waals surface area (Å²) in [5.41, 5.74) is 6.99. The van der Waals surface area contributed by atoms with Gasteiger partial charge < -0.3 is 5.73 Å². The Labute approximate surface area is 90.3 Å². The summed E-state index contributed by atoms with van der Waals surface area (Å²) in [6.07, 6.45) is 3.71. The average molecular weight is 210 g/mol. The van der Waals surface area contributed by atoms with Crippen molar-refractivity contribution in [2.24, 2.45) is 11.7 Å². The molecule has 0 aliphatic heterocycles. The number of nitrogens with two attached hydrogens (primary N) is 1. The zero-order valence-electron chi connectivity index (χ0n) is 8.25. The molecule has 1 nitrogen and oxygen atoms in total. The molecule has 1 aliphatic rings. The predicted octanol–water partition coefficient (Wildman–Crippen LogP) is 3.18. The fraction of sp³-hybridized carbons (Fsp3) is 0.500. The third-order valence-electron chi connectivity index (χ3n) is 3.22. The second-order valence-corrected chi connectivity index (χ2v) is 4.54. The molecule has 14 heavy (non-hydrogen) atoms. The van der Waals surface area contributed by atoms with Crippen LogP contribution in [0.15, 0.2) is 24.3 Å². The molecule has 1 aromatic carbocycles. The Morgan fingerprint density at radius 3 is 2.71 bits per heavy atom. The van der Waals surface area contributed by atoms with Crippen LogP contribution in [0, 0.1) is 5.92 Å². The van der Waals surface area contributed by atoms with Crippen LogP contribution in [-0.4, -0.2) is 6.54 Å². The minimum absolute atomic E-state index is 0.636. The number of rotatable bonds is 2. The Balaban J connectivity index is 2.13. The molecule has 76 valence electrons. The second kappa shape index (κ2) is 4.33. The quantitative estimate of drug-likeness (QED) is 0.796. The molecule has 1 saturated carbocycles. The smallest absolute Gasteiger partial charge is 0.0440 e. The Morgan fingerprint density at radius 1 is 1.29 bits per heavy atom. The molecule has 1 aromatic rings. The second-order valence-electron chi connectivity index (χ2n) is 4.13. The molecule has 2 unspecified atom stereocenters. The molecule has 0 aromatic heterocycles. The summed E-state index contributed by atoms with van der Waals surface area (Å²) in [5, 5.41) is 0.912. The van der Waals surface area contributed by atoms with Gasteiger partial charge in [0.15, 0.2) is 0 Å². The predicted molar refractivity (Wildman–Crippen MR) is 60.6 cm³/mol. The fourth-order valence-corrected chi connectivity index (χ4v) is 2.67. The van der Waals surface area contributed by atoms with Crippen LogP contribution < -0.4 is 5.73 Å². The van der Waals surface area contributed by atoms with Crippen LogP contribution in [0.3, 0.4) is 0 Å². The highest BCUT2D eigenvalue weighted by molar-refractivity contribution is 6.31. The van der Waals surface area contributed by atoms with Crippen molar-refractivity contribution in [2.75, 3.05) is 6.54 Å². The van der Waals surface area contributed by atoms with Gasteiger partial charge in [0, 0.05) is 5.02 Å². The molecular weight excluding hydrogens is 194 g/mol. The molecular formula is C12H16ClN. The maximum absolute atomic E-state index is 6.16. The van der Waals surface area contributed by atoms with E-state index in [0.717, 1.165) is 11.6 Å². The lowest BCUT2D eigenvalue weighted by Crippen LogP contribution is -2.10. The first kappa shape index (κ1) is 10.0. The molecule has 2 atom stereocenters. The standard InChI is InChI=1S/C12H16ClN/c13-12-4-2-1-3-11(12)10-6-5-9(7-10)8-14/h1-4,9-10H,5-8,14H2. The first-order valence-electron chi connectivity index (χ1n) is 5.25. The van der Waals surface area contributed by atoms with Crippen LogP contribution >= 0.6 is 11.6 Å². The summed E-state index contributed by atoms with van der Waals surface area (Å²) in [5.74, 6) is 1.34. The maximum atomic E-state index is 6.16. The summed E-state index contributed by atoms with van der Waals surface area (Å²) in [7, 11) is 0. The molecule has 0 spiro atoms. The number of halogens is 1. The molecule has 2 heteroatoms. The van der Waals surface area contributed by atoms with Gasteiger partial charge in [0.05, 0.1) is 0 Å². The molecule has 0 heterocycles. The first-order valence-corrected chi connectivity index (χ1v) is 5.63. The topological polar surface area (TPSA) is 26.0 Å². The third kappa shape index (κ3) is 1.94. The van der Waals surface area contributed by atoms with Crippen molar-refractivity contribution in [1.29, 1.82) is 0 Å². The van der Waals surface area contributed by atoms with E-state index in [1.54, 1.807) is 0 Å². The maximum Gasteiger partial charge on any atom is 0.0440 e. The van der Waals surface area contributed by atoms with Crippen LogP contribution in [-0.2, 0) is 0 Å². The summed E-state index contributed by atoms with van der Waals surface area (Å²) in [4.78, 5) is 0. The number of benzene rings is 1. The van der Waals surface area contributed by atoms with Crippen LogP contribution in [0.1, 0.15) is 30.7 Å². The van der Waals surface area contributed by atoms with Gasteiger partial charge in [-0.2, -0.15) is 0 Å². The van der Waals surface area contributed by atoms with E-state index in [9.17, 15) is 0 Å². The number of hydrogen-bond acceptors (Lipinski definition) is 1. The fourth-order valence-electron chi connectivity index (χ4n) is 2.38. The molecule has 1 fully saturated rings. The van der Waals surface area contributed by atoms with E-state index < -0.39 is 0 Å². The van der Waals surface area contributed by atoms with Crippen molar-refractivity contribution >= 4 is 11.6 Å². The first-order chi connectivity index (χ1) is 6.81. The summed E-state index contributed by atoms with van der Waals surface area (Å²) >= 11 is 6.16. The van der Waals surface area contributed by atoms with Crippen molar-refractivity contribution in [2.45, 2.75) is 25.2 Å². The van der Waals surface area contributed by atoms with Crippen LogP contribution in [0.5, 0.6) is 0 Å². The van der Waals surface area contributed by atoms with Gasteiger partial charge in [0.25, 0.3) is 0 Å². The van der Waals surface area contributed by atoms with Crippen molar-refractivity contribution in [1.82, 2.24) is 0 Å². The van der Waals surface area contributed by atoms with Crippen molar-refractivity contribution in [3.8, 4) is 0 Å². The van der Waals surface area contributed by atoms with Crippen molar-refractivity contribution < 1.29 is 0 Å². The zero-order chi connectivity index (χ0) is 9.97. The molecule has 0 saturated heterocycles. The van der Waals surface area contributed by atoms with Crippen molar-refractivity contribution in [3.63, 3.8) is 0 Å². The molecule has 2 rings (SSSR count). The van der Waals surface area contributed by atoms with E-state index in [-0.39, 0.29) is 0 Å². The van der Waals surface area contributed by atoms with Crippen molar-refractivity contribution in [3.05, 3.63) is 34.9 Å². The van der Waals surface area contributed by atoms with Gasteiger partial charge in [-0.25, -0.2) is 0 Å². The Morgan fingerprint density at radius 2 is 2.07 bits per heavy atom. The summed E-state index contributed by atoms with van der Waals surface area (Å²) < 4.78 is 0. The lowest BCUT2D eigenvalue weighted by atomic mass is 9.96. The van der Waals surface area contributed by atoms with E-state index in [1.807, 2.05) is 12.1 Å². The highest BCUT2D eigenvalue weighted by Crippen LogP contribution is 2.40. The van der Waals surface area contributed by atoms with E-state index in [0.29, 0.717) is 11.8 Å². The average Bonchev–Trinajstić information content (AvgIpc) is 2.67. The molecule has 1 aliphatic carbocycles. The third-order valence-corrected chi connectivity index (χ3v) is 3.56. The van der Waals surface area contributed by atoms with Gasteiger partial charge in [-0.1, -0.05) is 29.8 Å². The zero-order valence-corrected chi connectivity index (χ0v) is 9.00. The Bertz CT molecular complexity index is 311. The summed E-state index contributed by atoms with van der Waals surface area (Å²) in [6, 6.07) is 8.18. The minimum Gasteiger partial charge on any atom is -0.330 e. The molecule has 0 bridgehead atoms. The highest BCUT2D eigenvalue weighted by Gasteiger charge is 2.25. The molecule has 0 amide bonds. The molecule has 0 radical (unpaired) electrons. The highest BCUT2D eigenvalue weighted by atomic mass is 35.5. The molecule has 2 N–H and O–H groups in total. The van der Waals surface area contributed by atoms with E-state index in [4.69, 9.17) is 17.3 Å². The van der Waals surface area contributed by atoms with E-state index in [1.165, 1.54) is 24.8 Å². The van der Waals surface area contributed by atoms with Gasteiger partial charge in [-0.15, -0.1) is 0 Å². The van der Waals surface area contributed by atoms with Gasteiger partial charge in [0.2, 0.25) is 0 Å². The summed E-state index contributed by atoms with van der Waals surface area (Å²) in [6.45, 7) is 0.820. The minimum atomic E-state index is 0.636. The van der Waals surface area contributed by atoms with E-state index >= 15 is 0 Å². The van der Waals surface area contributed by atoms with Gasteiger partial charge in [-0.3, -0.25) is 0 Å². The number of hydrogen-bond donors (Lipinski definition) is 1. The largest absolute Gasteiger partial charge is 0.330 e. The van der Waals surface area contributed by atoms with Gasteiger partial charge >= 0.3 is 0 Å². The normalized spacial score (nSPS) is 26.7. The van der Waals surface area contributed by atoms with Crippen LogP contribution in [0.2, 0.25) is 5.02 Å². The SMILES string of the molecule is NCC1CCC(c2ccccc2Cl)C1. The van der Waals surface area contributed by atoms with Crippen LogP contribution in [0.25, 0.3) is 0 Å². The van der Waals surface area contributed by atoms with Gasteiger partial charge in [-0.05, 0) is 49.3 Å². The van der Waals surface area contributed by atoms with Crippen LogP contribution in [0.4, 0.5) is 0 Å². The Kier molecular flexibility index (Phi) is 3.09. The lowest BCUT2D eigenvalue weighted by Gasteiger charge is -2.12. The Hall–Kier alpha value is -0.530.